The Kier molecular flexibility index (Phi) is 11.4. The Morgan fingerprint density at radius 1 is 1.23 bits per heavy atom. The first-order valence-corrected chi connectivity index (χ1v) is 11.3. The first kappa shape index (κ1) is 25.3. The average Bonchev–Trinajstić information content (AvgIpc) is 3.48. The zero-order valence-corrected chi connectivity index (χ0v) is 21.1. The van der Waals surface area contributed by atoms with E-state index in [1.165, 1.54) is 25.7 Å². The van der Waals surface area contributed by atoms with E-state index < -0.39 is 0 Å². The predicted octanol–water partition coefficient (Wildman–Crippen LogP) is 2.94. The molecule has 8 nitrogen and oxygen atoms in total. The molecule has 2 unspecified atom stereocenters. The van der Waals surface area contributed by atoms with E-state index in [1.807, 2.05) is 18.5 Å². The highest BCUT2D eigenvalue weighted by Crippen LogP contribution is 2.30. The zero-order valence-electron chi connectivity index (χ0n) is 18.7. The van der Waals surface area contributed by atoms with Gasteiger partial charge in [0.05, 0.1) is 12.2 Å². The fraction of sp³-hybridized carbons (Fsp3) is 0.857. The summed E-state index contributed by atoms with van der Waals surface area (Å²) in [7, 11) is 1.97. The van der Waals surface area contributed by atoms with Crippen LogP contribution in [0, 0.1) is 12.8 Å². The summed E-state index contributed by atoms with van der Waals surface area (Å²) < 4.78 is 13.8. The van der Waals surface area contributed by atoms with Crippen molar-refractivity contribution in [3.8, 4) is 0 Å². The monoisotopic (exact) mass is 534 g/mol. The number of ether oxygens (including phenoxy) is 2. The molecule has 30 heavy (non-hydrogen) atoms. The number of nitrogens with zero attached hydrogens (tertiary/aromatic N) is 4. The number of nitrogens with one attached hydrogen (secondary N) is 2. The molecule has 9 heteroatoms. The summed E-state index contributed by atoms with van der Waals surface area (Å²) in [5.41, 5.74) is 0. The molecule has 0 amide bonds. The van der Waals surface area contributed by atoms with Gasteiger partial charge in [-0.05, 0) is 51.9 Å². The Labute approximate surface area is 198 Å². The summed E-state index contributed by atoms with van der Waals surface area (Å²) in [4.78, 5) is 4.74. The topological polar surface area (TPSA) is 85.6 Å². The van der Waals surface area contributed by atoms with Gasteiger partial charge >= 0.3 is 0 Å². The molecule has 2 aliphatic rings. The molecule has 1 aliphatic heterocycles. The molecule has 0 aromatic carbocycles. The van der Waals surface area contributed by atoms with Crippen LogP contribution >= 0.6 is 24.0 Å². The van der Waals surface area contributed by atoms with Crippen LogP contribution in [0.15, 0.2) is 4.99 Å². The maximum Gasteiger partial charge on any atom is 0.191 e. The molecule has 1 saturated carbocycles. The lowest BCUT2D eigenvalue weighted by Gasteiger charge is -2.24. The van der Waals surface area contributed by atoms with E-state index in [9.17, 15) is 0 Å². The van der Waals surface area contributed by atoms with Crippen molar-refractivity contribution < 1.29 is 9.47 Å². The van der Waals surface area contributed by atoms with Gasteiger partial charge in [-0.15, -0.1) is 34.2 Å². The van der Waals surface area contributed by atoms with Crippen LogP contribution in [0.1, 0.15) is 63.5 Å². The number of rotatable bonds is 10. The quantitative estimate of drug-likeness (QED) is 0.273. The van der Waals surface area contributed by atoms with Crippen LogP contribution in [-0.4, -0.2) is 59.2 Å². The highest BCUT2D eigenvalue weighted by atomic mass is 127. The first-order chi connectivity index (χ1) is 14.2. The zero-order chi connectivity index (χ0) is 20.5. The molecule has 1 saturated heterocycles. The van der Waals surface area contributed by atoms with E-state index >= 15 is 0 Å². The second-order valence-electron chi connectivity index (χ2n) is 8.16. The highest BCUT2D eigenvalue weighted by molar-refractivity contribution is 14.0. The summed E-state index contributed by atoms with van der Waals surface area (Å²) in [6.07, 6.45) is 9.15. The second kappa shape index (κ2) is 13.5. The van der Waals surface area contributed by atoms with Gasteiger partial charge in [-0.1, -0.05) is 12.8 Å². The molecule has 0 bridgehead atoms. The van der Waals surface area contributed by atoms with Gasteiger partial charge in [0, 0.05) is 33.4 Å². The van der Waals surface area contributed by atoms with E-state index in [-0.39, 0.29) is 30.1 Å². The molecule has 0 spiro atoms. The maximum atomic E-state index is 6.05. The number of aliphatic imine (C=N–C) groups is 1. The summed E-state index contributed by atoms with van der Waals surface area (Å²) in [6.45, 7) is 7.81. The Hall–Kier alpha value is -0.940. The Balaban J connectivity index is 0.00000320. The van der Waals surface area contributed by atoms with Crippen molar-refractivity contribution in [1.29, 1.82) is 0 Å². The normalized spacial score (nSPS) is 20.9. The minimum atomic E-state index is 0. The van der Waals surface area contributed by atoms with E-state index in [0.29, 0.717) is 18.6 Å². The molecular formula is C21H39IN6O2. The van der Waals surface area contributed by atoms with Gasteiger partial charge in [-0.3, -0.25) is 0 Å². The van der Waals surface area contributed by atoms with Crippen LogP contribution in [0.4, 0.5) is 0 Å². The lowest BCUT2D eigenvalue weighted by molar-refractivity contribution is 0.0169. The van der Waals surface area contributed by atoms with Crippen molar-refractivity contribution in [2.45, 2.75) is 77.5 Å². The second-order valence-corrected chi connectivity index (χ2v) is 8.16. The smallest absolute Gasteiger partial charge is 0.191 e. The average molecular weight is 534 g/mol. The lowest BCUT2D eigenvalue weighted by Crippen LogP contribution is -2.42. The van der Waals surface area contributed by atoms with Crippen molar-refractivity contribution in [2.75, 3.05) is 26.3 Å². The minimum absolute atomic E-state index is 0. The molecule has 2 heterocycles. The van der Waals surface area contributed by atoms with Gasteiger partial charge < -0.3 is 24.7 Å². The minimum Gasteiger partial charge on any atom is -0.378 e. The summed E-state index contributed by atoms with van der Waals surface area (Å²) in [6, 6.07) is 0. The summed E-state index contributed by atoms with van der Waals surface area (Å²) >= 11 is 0. The molecule has 1 aromatic heterocycles. The number of halogens is 1. The van der Waals surface area contributed by atoms with Crippen LogP contribution in [0.2, 0.25) is 0 Å². The lowest BCUT2D eigenvalue weighted by atomic mass is 9.98. The van der Waals surface area contributed by atoms with Crippen molar-refractivity contribution in [1.82, 2.24) is 25.4 Å². The molecule has 2 fully saturated rings. The molecular weight excluding hydrogens is 495 g/mol. The third kappa shape index (κ3) is 7.64. The van der Waals surface area contributed by atoms with Crippen LogP contribution in [0.3, 0.4) is 0 Å². The Morgan fingerprint density at radius 3 is 2.67 bits per heavy atom. The number of aryl methyl sites for hydroxylation is 1. The van der Waals surface area contributed by atoms with Gasteiger partial charge in [0.1, 0.15) is 12.4 Å². The number of aromatic nitrogens is 3. The number of hydrogen-bond acceptors (Lipinski definition) is 5. The van der Waals surface area contributed by atoms with E-state index in [4.69, 9.17) is 14.5 Å². The standard InChI is InChI=1S/C21H38N6O2.HI/c1-4-28-19(17-8-5-6-9-17)11-12-22-21(23-14-18-10-7-13-29-18)24-15-20-26-25-16(2)27(20)3;/h17-19H,4-15H2,1-3H3,(H2,22,23,24);1H. The summed E-state index contributed by atoms with van der Waals surface area (Å²) in [5.74, 6) is 3.27. The van der Waals surface area contributed by atoms with Gasteiger partial charge in [-0.25, -0.2) is 4.99 Å². The van der Waals surface area contributed by atoms with Gasteiger partial charge in [-0.2, -0.15) is 0 Å². The van der Waals surface area contributed by atoms with Crippen LogP contribution in [-0.2, 0) is 23.1 Å². The third-order valence-electron chi connectivity index (χ3n) is 6.11. The van der Waals surface area contributed by atoms with E-state index in [0.717, 1.165) is 63.2 Å². The number of hydrogen-bond donors (Lipinski definition) is 2. The fourth-order valence-corrected chi connectivity index (χ4v) is 4.26. The molecule has 1 aromatic rings. The van der Waals surface area contributed by atoms with Crippen molar-refractivity contribution in [2.24, 2.45) is 18.0 Å². The molecule has 3 rings (SSSR count). The Morgan fingerprint density at radius 2 is 2.03 bits per heavy atom. The molecule has 2 atom stereocenters. The van der Waals surface area contributed by atoms with Crippen molar-refractivity contribution >= 4 is 29.9 Å². The predicted molar refractivity (Wildman–Crippen MR) is 129 cm³/mol. The largest absolute Gasteiger partial charge is 0.378 e. The molecule has 172 valence electrons. The fourth-order valence-electron chi connectivity index (χ4n) is 4.26. The third-order valence-corrected chi connectivity index (χ3v) is 6.11. The van der Waals surface area contributed by atoms with Crippen LogP contribution in [0.25, 0.3) is 0 Å². The van der Waals surface area contributed by atoms with Gasteiger partial charge in [0.2, 0.25) is 0 Å². The van der Waals surface area contributed by atoms with E-state index in [1.54, 1.807) is 0 Å². The SMILES string of the molecule is CCOC(CCNC(=NCc1nnc(C)n1C)NCC1CCCO1)C1CCCC1.I. The van der Waals surface area contributed by atoms with Crippen molar-refractivity contribution in [3.05, 3.63) is 11.6 Å². The highest BCUT2D eigenvalue weighted by Gasteiger charge is 2.25. The van der Waals surface area contributed by atoms with Crippen LogP contribution < -0.4 is 10.6 Å². The van der Waals surface area contributed by atoms with Gasteiger partial charge in [0.15, 0.2) is 11.8 Å². The molecule has 1 aliphatic carbocycles. The van der Waals surface area contributed by atoms with Crippen LogP contribution in [0.5, 0.6) is 0 Å². The Bertz CT molecular complexity index is 641. The van der Waals surface area contributed by atoms with E-state index in [2.05, 4.69) is 27.8 Å². The summed E-state index contributed by atoms with van der Waals surface area (Å²) in [5, 5.41) is 15.3. The maximum absolute atomic E-state index is 6.05. The van der Waals surface area contributed by atoms with Crippen molar-refractivity contribution in [3.63, 3.8) is 0 Å². The molecule has 0 radical (unpaired) electrons. The number of guanidine groups is 1. The van der Waals surface area contributed by atoms with Gasteiger partial charge in [0.25, 0.3) is 0 Å². The first-order valence-electron chi connectivity index (χ1n) is 11.3. The molecule has 2 N–H and O–H groups in total.